The van der Waals surface area contributed by atoms with E-state index in [1.54, 1.807) is 20.8 Å². The van der Waals surface area contributed by atoms with Crippen LogP contribution in [-0.2, 0) is 22.1 Å². The first-order valence-corrected chi connectivity index (χ1v) is 7.25. The molecule has 0 radical (unpaired) electrons. The van der Waals surface area contributed by atoms with Crippen LogP contribution < -0.4 is 5.32 Å². The Morgan fingerprint density at radius 1 is 1.29 bits per heavy atom. The van der Waals surface area contributed by atoms with Gasteiger partial charge in [0.1, 0.15) is 11.6 Å². The number of nitrogens with one attached hydrogen (secondary N) is 1. The van der Waals surface area contributed by atoms with E-state index in [4.69, 9.17) is 21.4 Å². The first-order valence-electron chi connectivity index (χ1n) is 6.87. The van der Waals surface area contributed by atoms with Crippen molar-refractivity contribution < 1.29 is 32.6 Å². The Morgan fingerprint density at radius 3 is 2.33 bits per heavy atom. The molecule has 134 valence electrons. The number of alkyl halides is 3. The molecule has 0 spiro atoms. The number of carbonyl (C=O) groups excluding carboxylic acids is 1. The van der Waals surface area contributed by atoms with E-state index in [9.17, 15) is 22.8 Å². The summed E-state index contributed by atoms with van der Waals surface area (Å²) in [5.74, 6) is -1.40. The number of carboxylic acid groups (broad SMARTS) is 1. The summed E-state index contributed by atoms with van der Waals surface area (Å²) in [6.45, 7) is 4.78. The Bertz CT molecular complexity index is 626. The van der Waals surface area contributed by atoms with Crippen LogP contribution in [0.1, 0.15) is 31.9 Å². The van der Waals surface area contributed by atoms with E-state index < -0.39 is 40.5 Å². The lowest BCUT2D eigenvalue weighted by Crippen LogP contribution is -2.44. The third-order valence-electron chi connectivity index (χ3n) is 2.77. The van der Waals surface area contributed by atoms with Crippen molar-refractivity contribution in [2.75, 3.05) is 0 Å². The largest absolute Gasteiger partial charge is 0.480 e. The highest BCUT2D eigenvalue weighted by Gasteiger charge is 2.34. The number of carboxylic acids is 1. The van der Waals surface area contributed by atoms with E-state index in [1.165, 1.54) is 6.07 Å². The van der Waals surface area contributed by atoms with Crippen molar-refractivity contribution in [3.63, 3.8) is 0 Å². The van der Waals surface area contributed by atoms with Crippen LogP contribution in [0.5, 0.6) is 0 Å². The van der Waals surface area contributed by atoms with E-state index in [1.807, 2.05) is 0 Å². The van der Waals surface area contributed by atoms with Crippen LogP contribution in [0.4, 0.5) is 18.0 Å². The normalized spacial score (nSPS) is 13.3. The zero-order valence-electron chi connectivity index (χ0n) is 13.2. The Balaban J connectivity index is 2.94. The molecule has 1 unspecified atom stereocenters. The van der Waals surface area contributed by atoms with Crippen molar-refractivity contribution in [2.24, 2.45) is 0 Å². The van der Waals surface area contributed by atoms with Gasteiger partial charge < -0.3 is 15.2 Å². The first kappa shape index (κ1) is 20.1. The van der Waals surface area contributed by atoms with Gasteiger partial charge in [-0.25, -0.2) is 9.59 Å². The quantitative estimate of drug-likeness (QED) is 0.846. The Hall–Kier alpha value is -1.96. The van der Waals surface area contributed by atoms with Gasteiger partial charge in [-0.05, 0) is 38.5 Å². The molecule has 1 atom stereocenters. The average molecular weight is 368 g/mol. The number of alkyl carbamates (subject to hydrolysis) is 1. The molecule has 0 aliphatic heterocycles. The molecule has 0 saturated carbocycles. The molecule has 0 aromatic heterocycles. The number of aliphatic carboxylic acids is 1. The molecular formula is C15H17ClF3NO4. The third kappa shape index (κ3) is 6.27. The zero-order valence-corrected chi connectivity index (χ0v) is 14.0. The molecule has 5 nitrogen and oxygen atoms in total. The standard InChI is InChI=1S/C15H17ClF3NO4/c1-14(2,3)24-13(23)20-11(12(21)22)7-8-4-5-10(16)9(6-8)15(17,18)19/h4-6,11H,7H2,1-3H3,(H,20,23)(H,21,22). The molecule has 1 amide bonds. The summed E-state index contributed by atoms with van der Waals surface area (Å²) < 4.78 is 43.4. The van der Waals surface area contributed by atoms with Gasteiger partial charge in [-0.2, -0.15) is 13.2 Å². The topological polar surface area (TPSA) is 75.6 Å². The maximum Gasteiger partial charge on any atom is 0.417 e. The van der Waals surface area contributed by atoms with Crippen LogP contribution in [-0.4, -0.2) is 28.8 Å². The molecular weight excluding hydrogens is 351 g/mol. The van der Waals surface area contributed by atoms with Crippen molar-refractivity contribution in [3.8, 4) is 0 Å². The van der Waals surface area contributed by atoms with Crippen molar-refractivity contribution in [1.29, 1.82) is 0 Å². The van der Waals surface area contributed by atoms with Gasteiger partial charge in [0, 0.05) is 6.42 Å². The number of halogens is 4. The smallest absolute Gasteiger partial charge is 0.417 e. The highest BCUT2D eigenvalue weighted by Crippen LogP contribution is 2.35. The van der Waals surface area contributed by atoms with Gasteiger partial charge >= 0.3 is 18.2 Å². The second-order valence-corrected chi connectivity index (χ2v) is 6.46. The number of hydrogen-bond acceptors (Lipinski definition) is 3. The fourth-order valence-corrected chi connectivity index (χ4v) is 2.03. The average Bonchev–Trinajstić information content (AvgIpc) is 2.36. The van der Waals surface area contributed by atoms with E-state index in [0.717, 1.165) is 12.1 Å². The van der Waals surface area contributed by atoms with Gasteiger partial charge in [0.05, 0.1) is 10.6 Å². The van der Waals surface area contributed by atoms with Gasteiger partial charge in [0.15, 0.2) is 0 Å². The van der Waals surface area contributed by atoms with Crippen LogP contribution in [0.2, 0.25) is 5.02 Å². The van der Waals surface area contributed by atoms with Crippen LogP contribution >= 0.6 is 11.6 Å². The van der Waals surface area contributed by atoms with Gasteiger partial charge in [-0.3, -0.25) is 0 Å². The molecule has 0 fully saturated rings. The van der Waals surface area contributed by atoms with Crippen molar-refractivity contribution in [2.45, 2.75) is 45.0 Å². The van der Waals surface area contributed by atoms with Crippen molar-refractivity contribution in [1.82, 2.24) is 5.32 Å². The number of amides is 1. The van der Waals surface area contributed by atoms with E-state index in [0.29, 0.717) is 0 Å². The van der Waals surface area contributed by atoms with Gasteiger partial charge in [0.25, 0.3) is 0 Å². The minimum absolute atomic E-state index is 0.0650. The monoisotopic (exact) mass is 367 g/mol. The third-order valence-corrected chi connectivity index (χ3v) is 3.09. The molecule has 0 aliphatic rings. The number of benzene rings is 1. The molecule has 1 aromatic rings. The van der Waals surface area contributed by atoms with Crippen molar-refractivity contribution >= 4 is 23.7 Å². The molecule has 0 bridgehead atoms. The second kappa shape index (κ2) is 7.29. The summed E-state index contributed by atoms with van der Waals surface area (Å²) >= 11 is 5.51. The molecule has 0 aliphatic carbocycles. The van der Waals surface area contributed by atoms with Gasteiger partial charge in [-0.15, -0.1) is 0 Å². The Kier molecular flexibility index (Phi) is 6.10. The van der Waals surface area contributed by atoms with Crippen LogP contribution in [0.3, 0.4) is 0 Å². The first-order chi connectivity index (χ1) is 10.8. The fourth-order valence-electron chi connectivity index (χ4n) is 1.80. The summed E-state index contributed by atoms with van der Waals surface area (Å²) in [5, 5.41) is 10.8. The molecule has 2 N–H and O–H groups in total. The predicted molar refractivity (Wildman–Crippen MR) is 81.0 cm³/mol. The molecule has 24 heavy (non-hydrogen) atoms. The van der Waals surface area contributed by atoms with E-state index >= 15 is 0 Å². The highest BCUT2D eigenvalue weighted by atomic mass is 35.5. The number of rotatable bonds is 4. The lowest BCUT2D eigenvalue weighted by Gasteiger charge is -2.22. The van der Waals surface area contributed by atoms with Crippen molar-refractivity contribution in [3.05, 3.63) is 34.3 Å². The Morgan fingerprint density at radius 2 is 1.88 bits per heavy atom. The Labute approximate surface area is 141 Å². The predicted octanol–water partition coefficient (Wildman–Crippen LogP) is 3.88. The lowest BCUT2D eigenvalue weighted by molar-refractivity contribution is -0.139. The number of hydrogen-bond donors (Lipinski definition) is 2. The summed E-state index contributed by atoms with van der Waals surface area (Å²) in [4.78, 5) is 22.9. The zero-order chi connectivity index (χ0) is 18.7. The van der Waals surface area contributed by atoms with Crippen LogP contribution in [0, 0.1) is 0 Å². The molecule has 0 heterocycles. The summed E-state index contributed by atoms with van der Waals surface area (Å²) in [5.41, 5.74) is -1.84. The maximum absolute atomic E-state index is 12.8. The van der Waals surface area contributed by atoms with Crippen LogP contribution in [0.25, 0.3) is 0 Å². The fraction of sp³-hybridized carbons (Fsp3) is 0.467. The maximum atomic E-state index is 12.8. The molecule has 0 saturated heterocycles. The minimum atomic E-state index is -4.66. The minimum Gasteiger partial charge on any atom is -0.480 e. The number of carbonyl (C=O) groups is 2. The summed E-state index contributed by atoms with van der Waals surface area (Å²) in [7, 11) is 0. The van der Waals surface area contributed by atoms with Gasteiger partial charge in [0.2, 0.25) is 0 Å². The summed E-state index contributed by atoms with van der Waals surface area (Å²) in [6, 6.07) is 1.62. The number of ether oxygens (including phenoxy) is 1. The summed E-state index contributed by atoms with van der Waals surface area (Å²) in [6.07, 6.45) is -5.99. The lowest BCUT2D eigenvalue weighted by atomic mass is 10.0. The second-order valence-electron chi connectivity index (χ2n) is 6.05. The SMILES string of the molecule is CC(C)(C)OC(=O)NC(Cc1ccc(Cl)c(C(F)(F)F)c1)C(=O)O. The molecule has 1 rings (SSSR count). The van der Waals surface area contributed by atoms with Crippen LogP contribution in [0.15, 0.2) is 18.2 Å². The highest BCUT2D eigenvalue weighted by molar-refractivity contribution is 6.31. The molecule has 9 heteroatoms. The van der Waals surface area contributed by atoms with E-state index in [-0.39, 0.29) is 12.0 Å². The van der Waals surface area contributed by atoms with E-state index in [2.05, 4.69) is 5.32 Å². The van der Waals surface area contributed by atoms with Gasteiger partial charge in [-0.1, -0.05) is 17.7 Å². The molecule has 1 aromatic carbocycles.